The Hall–Kier alpha value is -1.85. The molecule has 0 fully saturated rings. The Kier molecular flexibility index (Phi) is 6.91. The molecule has 2 rings (SSSR count). The van der Waals surface area contributed by atoms with Crippen LogP contribution in [0.15, 0.2) is 36.4 Å². The molecular weight excluding hydrogens is 288 g/mol. The fourth-order valence-corrected chi connectivity index (χ4v) is 2.07. The van der Waals surface area contributed by atoms with Crippen LogP contribution >= 0.6 is 12.4 Å². The zero-order valence-electron chi connectivity index (χ0n) is 12.1. The Morgan fingerprint density at radius 1 is 1.29 bits per heavy atom. The van der Waals surface area contributed by atoms with Crippen molar-refractivity contribution in [2.45, 2.75) is 13.3 Å². The molecule has 6 heteroatoms. The second-order valence-corrected chi connectivity index (χ2v) is 4.75. The van der Waals surface area contributed by atoms with Crippen LogP contribution in [-0.2, 0) is 6.42 Å². The van der Waals surface area contributed by atoms with Gasteiger partial charge < -0.3 is 10.6 Å². The minimum atomic E-state index is -0.0734. The van der Waals surface area contributed by atoms with Crippen molar-refractivity contribution < 1.29 is 4.79 Å². The molecule has 0 saturated carbocycles. The van der Waals surface area contributed by atoms with Crippen molar-refractivity contribution in [3.63, 3.8) is 0 Å². The van der Waals surface area contributed by atoms with E-state index in [1.165, 1.54) is 5.56 Å². The molecule has 0 unspecified atom stereocenters. The summed E-state index contributed by atoms with van der Waals surface area (Å²) in [6, 6.07) is 11.9. The molecule has 0 saturated heterocycles. The number of nitrogens with one attached hydrogen (secondary N) is 1. The molecule has 0 aliphatic rings. The van der Waals surface area contributed by atoms with Crippen LogP contribution in [0.1, 0.15) is 21.7 Å². The number of benzene rings is 1. The van der Waals surface area contributed by atoms with E-state index in [9.17, 15) is 4.79 Å². The van der Waals surface area contributed by atoms with E-state index in [1.54, 1.807) is 11.0 Å². The van der Waals surface area contributed by atoms with E-state index in [0.717, 1.165) is 12.1 Å². The monoisotopic (exact) mass is 308 g/mol. The number of H-pyrrole nitrogens is 1. The minimum absolute atomic E-state index is 0. The maximum absolute atomic E-state index is 12.4. The molecule has 2 aromatic rings. The first-order valence-electron chi connectivity index (χ1n) is 6.76. The molecule has 1 heterocycles. The average Bonchev–Trinajstić information content (AvgIpc) is 2.90. The number of aromatic nitrogens is 2. The SMILES string of the molecule is Cc1cc(C(=O)N(CCN)CCc2ccccc2)n[nH]1.Cl. The molecular formula is C15H21ClN4O. The van der Waals surface area contributed by atoms with Crippen LogP contribution in [0.3, 0.4) is 0 Å². The number of nitrogens with zero attached hydrogens (tertiary/aromatic N) is 2. The molecule has 0 spiro atoms. The highest BCUT2D eigenvalue weighted by molar-refractivity contribution is 5.92. The van der Waals surface area contributed by atoms with Crippen molar-refractivity contribution in [3.8, 4) is 0 Å². The number of carbonyl (C=O) groups excluding carboxylic acids is 1. The molecule has 1 aromatic heterocycles. The van der Waals surface area contributed by atoms with Crippen molar-refractivity contribution in [2.24, 2.45) is 5.73 Å². The van der Waals surface area contributed by atoms with E-state index in [1.807, 2.05) is 25.1 Å². The minimum Gasteiger partial charge on any atom is -0.336 e. The standard InChI is InChI=1S/C15H20N4O.ClH/c1-12-11-14(18-17-12)15(20)19(10-8-16)9-7-13-5-3-2-4-6-13;/h2-6,11H,7-10,16H2,1H3,(H,17,18);1H. The Balaban J connectivity index is 0.00000220. The number of amides is 1. The molecule has 0 radical (unpaired) electrons. The van der Waals surface area contributed by atoms with Gasteiger partial charge in [-0.15, -0.1) is 12.4 Å². The van der Waals surface area contributed by atoms with E-state index < -0.39 is 0 Å². The van der Waals surface area contributed by atoms with Gasteiger partial charge in [-0.2, -0.15) is 5.10 Å². The van der Waals surface area contributed by atoms with Gasteiger partial charge in [-0.25, -0.2) is 0 Å². The third-order valence-electron chi connectivity index (χ3n) is 3.12. The first-order chi connectivity index (χ1) is 9.70. The van der Waals surface area contributed by atoms with Crippen molar-refractivity contribution in [1.29, 1.82) is 0 Å². The highest BCUT2D eigenvalue weighted by atomic mass is 35.5. The van der Waals surface area contributed by atoms with Crippen molar-refractivity contribution in [3.05, 3.63) is 53.3 Å². The summed E-state index contributed by atoms with van der Waals surface area (Å²) < 4.78 is 0. The molecule has 0 atom stereocenters. The van der Waals surface area contributed by atoms with Crippen LogP contribution < -0.4 is 5.73 Å². The van der Waals surface area contributed by atoms with Crippen molar-refractivity contribution in [2.75, 3.05) is 19.6 Å². The largest absolute Gasteiger partial charge is 0.336 e. The maximum Gasteiger partial charge on any atom is 0.274 e. The fourth-order valence-electron chi connectivity index (χ4n) is 2.07. The number of aryl methyl sites for hydroxylation is 1. The lowest BCUT2D eigenvalue weighted by atomic mass is 10.1. The number of rotatable bonds is 6. The van der Waals surface area contributed by atoms with Gasteiger partial charge in [0.25, 0.3) is 5.91 Å². The zero-order chi connectivity index (χ0) is 14.4. The summed E-state index contributed by atoms with van der Waals surface area (Å²) in [4.78, 5) is 14.1. The van der Waals surface area contributed by atoms with Crippen LogP contribution in [0.25, 0.3) is 0 Å². The van der Waals surface area contributed by atoms with Crippen molar-refractivity contribution >= 4 is 18.3 Å². The third-order valence-corrected chi connectivity index (χ3v) is 3.12. The molecule has 1 aromatic carbocycles. The van der Waals surface area contributed by atoms with E-state index in [-0.39, 0.29) is 18.3 Å². The number of halogens is 1. The van der Waals surface area contributed by atoms with Gasteiger partial charge in [-0.05, 0) is 25.0 Å². The van der Waals surface area contributed by atoms with Crippen molar-refractivity contribution in [1.82, 2.24) is 15.1 Å². The second-order valence-electron chi connectivity index (χ2n) is 4.75. The average molecular weight is 309 g/mol. The Labute approximate surface area is 130 Å². The van der Waals surface area contributed by atoms with Gasteiger partial charge in [0.15, 0.2) is 0 Å². The number of hydrogen-bond acceptors (Lipinski definition) is 3. The highest BCUT2D eigenvalue weighted by Gasteiger charge is 2.17. The Morgan fingerprint density at radius 3 is 2.57 bits per heavy atom. The fraction of sp³-hybridized carbons (Fsp3) is 0.333. The van der Waals surface area contributed by atoms with Gasteiger partial charge in [-0.3, -0.25) is 9.89 Å². The number of aromatic amines is 1. The van der Waals surface area contributed by atoms with Gasteiger partial charge in [0.05, 0.1) is 0 Å². The summed E-state index contributed by atoms with van der Waals surface area (Å²) >= 11 is 0. The normalized spacial score (nSPS) is 10.0. The van der Waals surface area contributed by atoms with Crippen LogP contribution in [0.5, 0.6) is 0 Å². The highest BCUT2D eigenvalue weighted by Crippen LogP contribution is 2.06. The Bertz CT molecular complexity index is 556. The maximum atomic E-state index is 12.4. The molecule has 3 N–H and O–H groups in total. The van der Waals surface area contributed by atoms with Crippen LogP contribution in [0, 0.1) is 6.92 Å². The lowest BCUT2D eigenvalue weighted by molar-refractivity contribution is 0.0756. The van der Waals surface area contributed by atoms with Crippen LogP contribution in [0.2, 0.25) is 0 Å². The zero-order valence-corrected chi connectivity index (χ0v) is 12.9. The molecule has 5 nitrogen and oxygen atoms in total. The van der Waals surface area contributed by atoms with Gasteiger partial charge in [0.2, 0.25) is 0 Å². The van der Waals surface area contributed by atoms with Crippen LogP contribution in [-0.4, -0.2) is 40.6 Å². The quantitative estimate of drug-likeness (QED) is 0.854. The molecule has 0 bridgehead atoms. The third kappa shape index (κ3) is 4.88. The summed E-state index contributed by atoms with van der Waals surface area (Å²) in [7, 11) is 0. The number of nitrogens with two attached hydrogens (primary N) is 1. The summed E-state index contributed by atoms with van der Waals surface area (Å²) in [5, 5.41) is 6.81. The summed E-state index contributed by atoms with van der Waals surface area (Å²) in [6.07, 6.45) is 0.815. The number of hydrogen-bond donors (Lipinski definition) is 2. The van der Waals surface area contributed by atoms with Gasteiger partial charge >= 0.3 is 0 Å². The molecule has 21 heavy (non-hydrogen) atoms. The summed E-state index contributed by atoms with van der Waals surface area (Å²) in [5.41, 5.74) is 8.13. The molecule has 0 aliphatic heterocycles. The smallest absolute Gasteiger partial charge is 0.274 e. The van der Waals surface area contributed by atoms with Gasteiger partial charge in [0.1, 0.15) is 5.69 Å². The Morgan fingerprint density at radius 2 is 2.00 bits per heavy atom. The lowest BCUT2D eigenvalue weighted by Gasteiger charge is -2.21. The predicted octanol–water partition coefficient (Wildman–Crippen LogP) is 1.78. The molecule has 1 amide bonds. The molecule has 114 valence electrons. The molecule has 0 aliphatic carbocycles. The van der Waals surface area contributed by atoms with Gasteiger partial charge in [-0.1, -0.05) is 30.3 Å². The number of carbonyl (C=O) groups is 1. The van der Waals surface area contributed by atoms with E-state index >= 15 is 0 Å². The van der Waals surface area contributed by atoms with E-state index in [2.05, 4.69) is 22.3 Å². The summed E-state index contributed by atoms with van der Waals surface area (Å²) in [5.74, 6) is -0.0734. The van der Waals surface area contributed by atoms with E-state index in [0.29, 0.717) is 25.3 Å². The van der Waals surface area contributed by atoms with Gasteiger partial charge in [0, 0.05) is 25.3 Å². The summed E-state index contributed by atoms with van der Waals surface area (Å²) in [6.45, 7) is 3.51. The lowest BCUT2D eigenvalue weighted by Crippen LogP contribution is -2.37. The van der Waals surface area contributed by atoms with Crippen LogP contribution in [0.4, 0.5) is 0 Å². The first-order valence-corrected chi connectivity index (χ1v) is 6.76. The first kappa shape index (κ1) is 17.2. The predicted molar refractivity (Wildman–Crippen MR) is 85.7 cm³/mol. The second kappa shape index (κ2) is 8.44. The topological polar surface area (TPSA) is 75.0 Å². The van der Waals surface area contributed by atoms with E-state index in [4.69, 9.17) is 5.73 Å².